The van der Waals surface area contributed by atoms with Crippen LogP contribution in [0.3, 0.4) is 0 Å². The van der Waals surface area contributed by atoms with E-state index in [0.29, 0.717) is 4.88 Å². The minimum atomic E-state index is -1.33. The summed E-state index contributed by atoms with van der Waals surface area (Å²) in [7, 11) is 0. The summed E-state index contributed by atoms with van der Waals surface area (Å²) in [5.74, 6) is -2.86. The molecule has 0 aliphatic heterocycles. The van der Waals surface area contributed by atoms with Crippen molar-refractivity contribution in [2.45, 2.75) is 20.0 Å². The molecule has 1 atom stereocenters. The van der Waals surface area contributed by atoms with Gasteiger partial charge in [-0.15, -0.1) is 11.3 Å². The maximum atomic E-state index is 11.7. The molecule has 100 valence electrons. The Balaban J connectivity index is 2.89. The smallest absolute Gasteiger partial charge is 0.323 e. The standard InChI is InChI=1S/C12H16O5S/c1-3-16-11(14)9(12(15)17-4-2)10(13)8-6-5-7-18-8/h5-7,9-10,13H,3-4H2,1-2H3. The zero-order valence-electron chi connectivity index (χ0n) is 10.3. The molecule has 18 heavy (non-hydrogen) atoms. The predicted molar refractivity (Wildman–Crippen MR) is 66.0 cm³/mol. The van der Waals surface area contributed by atoms with E-state index < -0.39 is 24.0 Å². The van der Waals surface area contributed by atoms with Crippen molar-refractivity contribution in [1.82, 2.24) is 0 Å². The highest BCUT2D eigenvalue weighted by Gasteiger charge is 2.37. The van der Waals surface area contributed by atoms with Gasteiger partial charge in [0.2, 0.25) is 0 Å². The summed E-state index contributed by atoms with van der Waals surface area (Å²) in [5, 5.41) is 11.8. The van der Waals surface area contributed by atoms with Crippen molar-refractivity contribution in [3.05, 3.63) is 22.4 Å². The first kappa shape index (κ1) is 14.7. The quantitative estimate of drug-likeness (QED) is 0.628. The molecule has 0 amide bonds. The van der Waals surface area contributed by atoms with E-state index in [2.05, 4.69) is 0 Å². The first-order valence-corrected chi connectivity index (χ1v) is 6.54. The van der Waals surface area contributed by atoms with Gasteiger partial charge in [0, 0.05) is 4.88 Å². The number of carbonyl (C=O) groups is 2. The molecule has 0 radical (unpaired) electrons. The van der Waals surface area contributed by atoms with E-state index in [1.807, 2.05) is 0 Å². The van der Waals surface area contributed by atoms with Crippen molar-refractivity contribution >= 4 is 23.3 Å². The lowest BCUT2D eigenvalue weighted by Gasteiger charge is -2.18. The summed E-state index contributed by atoms with van der Waals surface area (Å²) in [6, 6.07) is 3.39. The van der Waals surface area contributed by atoms with Crippen LogP contribution < -0.4 is 0 Å². The van der Waals surface area contributed by atoms with E-state index >= 15 is 0 Å². The summed E-state index contributed by atoms with van der Waals surface area (Å²) in [4.78, 5) is 24.0. The summed E-state index contributed by atoms with van der Waals surface area (Å²) in [5.41, 5.74) is 0. The molecule has 1 unspecified atom stereocenters. The number of thiophene rings is 1. The molecular weight excluding hydrogens is 256 g/mol. The van der Waals surface area contributed by atoms with Gasteiger partial charge in [-0.1, -0.05) is 6.07 Å². The first-order chi connectivity index (χ1) is 8.61. The fourth-order valence-electron chi connectivity index (χ4n) is 1.44. The van der Waals surface area contributed by atoms with E-state index in [0.717, 1.165) is 0 Å². The average molecular weight is 272 g/mol. The second-order valence-corrected chi connectivity index (χ2v) is 4.42. The molecule has 1 aromatic heterocycles. The maximum absolute atomic E-state index is 11.7. The third kappa shape index (κ3) is 3.54. The van der Waals surface area contributed by atoms with Gasteiger partial charge in [-0.3, -0.25) is 9.59 Å². The van der Waals surface area contributed by atoms with Crippen LogP contribution in [-0.4, -0.2) is 30.3 Å². The van der Waals surface area contributed by atoms with E-state index in [9.17, 15) is 14.7 Å². The van der Waals surface area contributed by atoms with Gasteiger partial charge in [-0.25, -0.2) is 0 Å². The van der Waals surface area contributed by atoms with Gasteiger partial charge in [0.1, 0.15) is 6.10 Å². The van der Waals surface area contributed by atoms with Crippen LogP contribution in [0, 0.1) is 5.92 Å². The predicted octanol–water partition coefficient (Wildman–Crippen LogP) is 1.52. The number of carbonyl (C=O) groups excluding carboxylic acids is 2. The van der Waals surface area contributed by atoms with Crippen LogP contribution in [0.25, 0.3) is 0 Å². The topological polar surface area (TPSA) is 72.8 Å². The molecule has 1 N–H and O–H groups in total. The van der Waals surface area contributed by atoms with Gasteiger partial charge in [0.15, 0.2) is 5.92 Å². The van der Waals surface area contributed by atoms with Crippen molar-refractivity contribution in [1.29, 1.82) is 0 Å². The molecule has 1 heterocycles. The van der Waals surface area contributed by atoms with E-state index in [1.54, 1.807) is 31.4 Å². The molecule has 6 heteroatoms. The summed E-state index contributed by atoms with van der Waals surface area (Å²) < 4.78 is 9.59. The maximum Gasteiger partial charge on any atom is 0.323 e. The van der Waals surface area contributed by atoms with Gasteiger partial charge in [-0.2, -0.15) is 0 Å². The molecule has 0 spiro atoms. The van der Waals surface area contributed by atoms with Crippen molar-refractivity contribution in [3.63, 3.8) is 0 Å². The van der Waals surface area contributed by atoms with Crippen molar-refractivity contribution in [2.24, 2.45) is 5.92 Å². The van der Waals surface area contributed by atoms with Crippen LogP contribution in [0.2, 0.25) is 0 Å². The van der Waals surface area contributed by atoms with Crippen LogP contribution in [0.5, 0.6) is 0 Å². The number of aliphatic hydroxyl groups excluding tert-OH is 1. The van der Waals surface area contributed by atoms with Crippen molar-refractivity contribution in [3.8, 4) is 0 Å². The highest BCUT2D eigenvalue weighted by Crippen LogP contribution is 2.28. The first-order valence-electron chi connectivity index (χ1n) is 5.66. The number of ether oxygens (including phenoxy) is 2. The Hall–Kier alpha value is -1.40. The number of esters is 2. The normalized spacial score (nSPS) is 12.2. The molecule has 1 rings (SSSR count). The van der Waals surface area contributed by atoms with Crippen LogP contribution in [-0.2, 0) is 19.1 Å². The lowest BCUT2D eigenvalue weighted by atomic mass is 10.0. The summed E-state index contributed by atoms with van der Waals surface area (Å²) in [6.07, 6.45) is -1.23. The van der Waals surface area contributed by atoms with Crippen LogP contribution in [0.15, 0.2) is 17.5 Å². The average Bonchev–Trinajstić information content (AvgIpc) is 2.83. The molecule has 0 aromatic carbocycles. The van der Waals surface area contributed by atoms with Gasteiger partial charge in [-0.05, 0) is 25.3 Å². The van der Waals surface area contributed by atoms with Crippen molar-refractivity contribution < 1.29 is 24.2 Å². The highest BCUT2D eigenvalue weighted by atomic mass is 32.1. The lowest BCUT2D eigenvalue weighted by molar-refractivity contribution is -0.167. The molecule has 0 bridgehead atoms. The summed E-state index contributed by atoms with van der Waals surface area (Å²) >= 11 is 1.26. The Labute approximate surface area is 109 Å². The molecule has 0 aliphatic rings. The summed E-state index contributed by atoms with van der Waals surface area (Å²) in [6.45, 7) is 3.56. The van der Waals surface area contributed by atoms with Crippen LogP contribution in [0.4, 0.5) is 0 Å². The number of hydrogen-bond donors (Lipinski definition) is 1. The fraction of sp³-hybridized carbons (Fsp3) is 0.500. The lowest BCUT2D eigenvalue weighted by Crippen LogP contribution is -2.33. The van der Waals surface area contributed by atoms with Crippen molar-refractivity contribution in [2.75, 3.05) is 13.2 Å². The van der Waals surface area contributed by atoms with Gasteiger partial charge in [0.25, 0.3) is 0 Å². The van der Waals surface area contributed by atoms with E-state index in [-0.39, 0.29) is 13.2 Å². The van der Waals surface area contributed by atoms with Gasteiger partial charge >= 0.3 is 11.9 Å². The molecule has 0 saturated carbocycles. The third-order valence-corrected chi connectivity index (χ3v) is 3.17. The SMILES string of the molecule is CCOC(=O)C(C(=O)OCC)C(O)c1cccs1. The molecule has 5 nitrogen and oxygen atoms in total. The Kier molecular flexibility index (Phi) is 5.80. The Morgan fingerprint density at radius 3 is 2.22 bits per heavy atom. The minimum Gasteiger partial charge on any atom is -0.465 e. The fourth-order valence-corrected chi connectivity index (χ4v) is 2.19. The molecule has 0 saturated heterocycles. The van der Waals surface area contributed by atoms with E-state index in [1.165, 1.54) is 11.3 Å². The molecule has 1 aromatic rings. The minimum absolute atomic E-state index is 0.145. The third-order valence-electron chi connectivity index (χ3n) is 2.23. The van der Waals surface area contributed by atoms with Crippen LogP contribution in [0.1, 0.15) is 24.8 Å². The largest absolute Gasteiger partial charge is 0.465 e. The Morgan fingerprint density at radius 2 is 1.83 bits per heavy atom. The second-order valence-electron chi connectivity index (χ2n) is 3.44. The number of aliphatic hydroxyl groups is 1. The number of hydrogen-bond acceptors (Lipinski definition) is 6. The Morgan fingerprint density at radius 1 is 1.28 bits per heavy atom. The molecule has 0 fully saturated rings. The van der Waals surface area contributed by atoms with E-state index in [4.69, 9.17) is 9.47 Å². The monoisotopic (exact) mass is 272 g/mol. The Bertz CT molecular complexity index is 369. The van der Waals surface area contributed by atoms with Gasteiger partial charge in [0.05, 0.1) is 13.2 Å². The van der Waals surface area contributed by atoms with Crippen LogP contribution >= 0.6 is 11.3 Å². The zero-order valence-corrected chi connectivity index (χ0v) is 11.1. The molecule has 0 aliphatic carbocycles. The number of rotatable bonds is 6. The highest BCUT2D eigenvalue weighted by molar-refractivity contribution is 7.10. The zero-order chi connectivity index (χ0) is 13.5. The second kappa shape index (κ2) is 7.13. The molecular formula is C12H16O5S. The van der Waals surface area contributed by atoms with Gasteiger partial charge < -0.3 is 14.6 Å².